The van der Waals surface area contributed by atoms with E-state index in [0.717, 1.165) is 10.4 Å². The third-order valence-electron chi connectivity index (χ3n) is 5.96. The highest BCUT2D eigenvalue weighted by Crippen LogP contribution is 2.45. The zero-order valence-corrected chi connectivity index (χ0v) is 19.2. The second kappa shape index (κ2) is 8.76. The van der Waals surface area contributed by atoms with Gasteiger partial charge < -0.3 is 10.0 Å². The van der Waals surface area contributed by atoms with Crippen LogP contribution in [0, 0.1) is 17.1 Å². The summed E-state index contributed by atoms with van der Waals surface area (Å²) in [5.74, 6) is -1.88. The van der Waals surface area contributed by atoms with Crippen molar-refractivity contribution in [3.05, 3.63) is 77.7 Å². The average molecular weight is 481 g/mol. The molecule has 2 heterocycles. The molecule has 8 nitrogen and oxygen atoms in total. The van der Waals surface area contributed by atoms with Crippen LogP contribution in [0.1, 0.15) is 30.4 Å². The third-order valence-corrected chi connectivity index (χ3v) is 7.84. The van der Waals surface area contributed by atoms with Crippen LogP contribution in [0.5, 0.6) is 0 Å². The highest BCUT2D eigenvalue weighted by atomic mass is 32.2. The summed E-state index contributed by atoms with van der Waals surface area (Å²) in [6.45, 7) is 1.61. The number of carboxylic acids is 1. The summed E-state index contributed by atoms with van der Waals surface area (Å²) in [6, 6.07) is 14.9. The Bertz CT molecular complexity index is 1400. The van der Waals surface area contributed by atoms with E-state index in [1.807, 2.05) is 0 Å². The highest BCUT2D eigenvalue weighted by Gasteiger charge is 2.43. The van der Waals surface area contributed by atoms with Crippen molar-refractivity contribution >= 4 is 33.2 Å². The van der Waals surface area contributed by atoms with Gasteiger partial charge in [0.25, 0.3) is 10.0 Å². The standard InChI is InChI=1S/C24H21FN4O4S/c1-15-20(12-24(30)31)21-11-17(25)6-8-22(21)29(15)34(32,33)19-7-9-23(27-14-19)28(2)18-5-3-4-16(10-18)13-26/h3-11,14-15,20H,12H2,1-2H3,(H,30,31). The SMILES string of the molecule is CC1C(CC(=O)O)c2cc(F)ccc2N1S(=O)(=O)c1ccc(N(C)c2cccc(C#N)c2)nc1. The molecule has 1 aliphatic heterocycles. The first-order valence-electron chi connectivity index (χ1n) is 10.4. The van der Waals surface area contributed by atoms with Gasteiger partial charge in [-0.2, -0.15) is 5.26 Å². The number of aromatic nitrogens is 1. The van der Waals surface area contributed by atoms with Crippen molar-refractivity contribution in [2.75, 3.05) is 16.3 Å². The number of rotatable bonds is 6. The first-order chi connectivity index (χ1) is 16.1. The number of benzene rings is 2. The number of anilines is 3. The van der Waals surface area contributed by atoms with Crippen LogP contribution in [0.25, 0.3) is 0 Å². The first kappa shape index (κ1) is 23.2. The Kier molecular flexibility index (Phi) is 5.98. The largest absolute Gasteiger partial charge is 0.481 e. The number of carboxylic acid groups (broad SMARTS) is 1. The van der Waals surface area contributed by atoms with Gasteiger partial charge in [0.15, 0.2) is 0 Å². The summed E-state index contributed by atoms with van der Waals surface area (Å²) >= 11 is 0. The summed E-state index contributed by atoms with van der Waals surface area (Å²) in [4.78, 5) is 17.3. The van der Waals surface area contributed by atoms with Gasteiger partial charge in [0, 0.05) is 24.8 Å². The molecule has 2 atom stereocenters. The lowest BCUT2D eigenvalue weighted by atomic mass is 9.93. The molecule has 0 saturated carbocycles. The van der Waals surface area contributed by atoms with Crippen LogP contribution in [0.2, 0.25) is 0 Å². The Balaban J connectivity index is 1.68. The molecule has 4 rings (SSSR count). The van der Waals surface area contributed by atoms with Crippen LogP contribution in [0.4, 0.5) is 21.6 Å². The average Bonchev–Trinajstić information content (AvgIpc) is 3.09. The number of fused-ring (bicyclic) bond motifs is 1. The molecule has 0 radical (unpaired) electrons. The van der Waals surface area contributed by atoms with Gasteiger partial charge in [0.1, 0.15) is 16.5 Å². The van der Waals surface area contributed by atoms with Crippen LogP contribution in [0.15, 0.2) is 65.7 Å². The van der Waals surface area contributed by atoms with E-state index in [1.165, 1.54) is 24.4 Å². The van der Waals surface area contributed by atoms with E-state index in [0.29, 0.717) is 22.6 Å². The van der Waals surface area contributed by atoms with Crippen molar-refractivity contribution in [1.82, 2.24) is 4.98 Å². The van der Waals surface area contributed by atoms with Crippen molar-refractivity contribution in [2.24, 2.45) is 0 Å². The number of hydrogen-bond donors (Lipinski definition) is 1. The molecule has 1 aromatic heterocycles. The first-order valence-corrected chi connectivity index (χ1v) is 11.8. The molecule has 2 aromatic carbocycles. The molecule has 1 N–H and O–H groups in total. The maximum Gasteiger partial charge on any atom is 0.304 e. The van der Waals surface area contributed by atoms with Crippen LogP contribution in [0.3, 0.4) is 0 Å². The second-order valence-corrected chi connectivity index (χ2v) is 9.84. The summed E-state index contributed by atoms with van der Waals surface area (Å²) in [7, 11) is -2.36. The number of pyridine rings is 1. The molecule has 10 heteroatoms. The van der Waals surface area contributed by atoms with Crippen molar-refractivity contribution in [1.29, 1.82) is 5.26 Å². The topological polar surface area (TPSA) is 115 Å². The van der Waals surface area contributed by atoms with Gasteiger partial charge in [0.2, 0.25) is 0 Å². The maximum atomic E-state index is 13.9. The summed E-state index contributed by atoms with van der Waals surface area (Å²) < 4.78 is 42.2. The molecule has 0 aliphatic carbocycles. The zero-order valence-electron chi connectivity index (χ0n) is 18.4. The monoisotopic (exact) mass is 480 g/mol. The van der Waals surface area contributed by atoms with Gasteiger partial charge in [0.05, 0.1) is 29.8 Å². The van der Waals surface area contributed by atoms with E-state index in [9.17, 15) is 22.7 Å². The maximum absolute atomic E-state index is 13.9. The fourth-order valence-electron chi connectivity index (χ4n) is 4.24. The molecule has 0 amide bonds. The van der Waals surface area contributed by atoms with E-state index >= 15 is 0 Å². The fourth-order valence-corrected chi connectivity index (χ4v) is 5.90. The number of nitrogens with zero attached hydrogens (tertiary/aromatic N) is 4. The minimum absolute atomic E-state index is 0.0754. The normalized spacial score (nSPS) is 17.2. The Hall–Kier alpha value is -3.97. The van der Waals surface area contributed by atoms with Gasteiger partial charge in [-0.05, 0) is 61.0 Å². The molecule has 0 spiro atoms. The van der Waals surface area contributed by atoms with Crippen LogP contribution in [-0.4, -0.2) is 37.6 Å². The van der Waals surface area contributed by atoms with Crippen molar-refractivity contribution in [2.45, 2.75) is 30.2 Å². The van der Waals surface area contributed by atoms with Crippen LogP contribution in [-0.2, 0) is 14.8 Å². The zero-order chi connectivity index (χ0) is 24.6. The number of halogens is 1. The molecule has 2 unspecified atom stereocenters. The second-order valence-electron chi connectivity index (χ2n) is 8.02. The van der Waals surface area contributed by atoms with E-state index in [-0.39, 0.29) is 17.0 Å². The van der Waals surface area contributed by atoms with Crippen molar-refractivity contribution in [3.63, 3.8) is 0 Å². The Morgan fingerprint density at radius 3 is 2.65 bits per heavy atom. The molecule has 0 saturated heterocycles. The molecule has 0 bridgehead atoms. The third kappa shape index (κ3) is 4.06. The molecule has 174 valence electrons. The van der Waals surface area contributed by atoms with Gasteiger partial charge >= 0.3 is 5.97 Å². The number of carbonyl (C=O) groups is 1. The Morgan fingerprint density at radius 2 is 2.00 bits per heavy atom. The van der Waals surface area contributed by atoms with Crippen molar-refractivity contribution < 1.29 is 22.7 Å². The van der Waals surface area contributed by atoms with Crippen LogP contribution >= 0.6 is 0 Å². The number of aliphatic carboxylic acids is 1. The molecular weight excluding hydrogens is 459 g/mol. The minimum Gasteiger partial charge on any atom is -0.481 e. The quantitative estimate of drug-likeness (QED) is 0.567. The number of sulfonamides is 1. The Labute approximate surface area is 196 Å². The lowest BCUT2D eigenvalue weighted by Gasteiger charge is -2.26. The van der Waals surface area contributed by atoms with E-state index in [1.54, 1.807) is 49.2 Å². The lowest BCUT2D eigenvalue weighted by molar-refractivity contribution is -0.137. The predicted molar refractivity (Wildman–Crippen MR) is 124 cm³/mol. The molecule has 1 aliphatic rings. The van der Waals surface area contributed by atoms with Gasteiger partial charge in [-0.15, -0.1) is 0 Å². The molecule has 3 aromatic rings. The van der Waals surface area contributed by atoms with E-state index < -0.39 is 33.8 Å². The van der Waals surface area contributed by atoms with Crippen LogP contribution < -0.4 is 9.21 Å². The smallest absolute Gasteiger partial charge is 0.304 e. The number of hydrogen-bond acceptors (Lipinski definition) is 6. The van der Waals surface area contributed by atoms with E-state index in [2.05, 4.69) is 11.1 Å². The lowest BCUT2D eigenvalue weighted by Crippen LogP contribution is -2.37. The summed E-state index contributed by atoms with van der Waals surface area (Å²) in [5.41, 5.74) is 1.80. The van der Waals surface area contributed by atoms with Gasteiger partial charge in [-0.1, -0.05) is 6.07 Å². The number of nitriles is 1. The minimum atomic E-state index is -4.11. The molecule has 34 heavy (non-hydrogen) atoms. The van der Waals surface area contributed by atoms with E-state index in [4.69, 9.17) is 5.26 Å². The summed E-state index contributed by atoms with van der Waals surface area (Å²) in [6.07, 6.45) is 0.906. The van der Waals surface area contributed by atoms with Gasteiger partial charge in [-0.3, -0.25) is 9.10 Å². The molecule has 0 fully saturated rings. The Morgan fingerprint density at radius 1 is 1.24 bits per heavy atom. The fraction of sp³-hybridized carbons (Fsp3) is 0.208. The highest BCUT2D eigenvalue weighted by molar-refractivity contribution is 7.92. The molecular formula is C24H21FN4O4S. The van der Waals surface area contributed by atoms with Gasteiger partial charge in [-0.25, -0.2) is 17.8 Å². The van der Waals surface area contributed by atoms with Crippen molar-refractivity contribution in [3.8, 4) is 6.07 Å². The predicted octanol–water partition coefficient (Wildman–Crippen LogP) is 4.02. The summed E-state index contributed by atoms with van der Waals surface area (Å²) in [5, 5.41) is 18.4.